The summed E-state index contributed by atoms with van der Waals surface area (Å²) in [5.41, 5.74) is 0.495. The summed E-state index contributed by atoms with van der Waals surface area (Å²) in [7, 11) is 0. The Bertz CT molecular complexity index is 865. The Morgan fingerprint density at radius 3 is 2.92 bits per heavy atom. The maximum atomic E-state index is 13.0. The number of hydrogen-bond donors (Lipinski definition) is 0. The van der Waals surface area contributed by atoms with E-state index in [1.165, 1.54) is 0 Å². The molecule has 4 heterocycles. The largest absolute Gasteiger partial charge is 0.355 e. The second-order valence-electron chi connectivity index (χ2n) is 7.00. The van der Waals surface area contributed by atoms with Crippen LogP contribution in [0.5, 0.6) is 0 Å². The van der Waals surface area contributed by atoms with Crippen molar-refractivity contribution in [2.45, 2.75) is 31.0 Å². The Labute approximate surface area is 150 Å². The zero-order valence-corrected chi connectivity index (χ0v) is 14.3. The maximum absolute atomic E-state index is 13.0. The first kappa shape index (κ1) is 15.6. The van der Waals surface area contributed by atoms with Crippen molar-refractivity contribution in [3.8, 4) is 11.3 Å². The Morgan fingerprint density at radius 2 is 2.08 bits per heavy atom. The summed E-state index contributed by atoms with van der Waals surface area (Å²) in [4.78, 5) is 29.0. The van der Waals surface area contributed by atoms with Gasteiger partial charge in [0.15, 0.2) is 17.2 Å². The minimum Gasteiger partial charge on any atom is -0.355 e. The maximum Gasteiger partial charge on any atom is 0.276 e. The number of carbonyl (C=O) groups excluding carboxylic acids is 2. The lowest BCUT2D eigenvalue weighted by molar-refractivity contribution is -0.179. The third kappa shape index (κ3) is 2.13. The fourth-order valence-electron chi connectivity index (χ4n) is 4.45. The molecule has 0 bridgehead atoms. The van der Waals surface area contributed by atoms with Crippen molar-refractivity contribution in [1.82, 2.24) is 15.0 Å². The van der Waals surface area contributed by atoms with Gasteiger partial charge in [0.05, 0.1) is 19.1 Å². The SMILES string of the molecule is O=C(c1cc(-c2ccccc2)on1)N1CC[C@@]23OCCCN2C(=O)C[C@@H]13. The van der Waals surface area contributed by atoms with Crippen LogP contribution in [0, 0.1) is 0 Å². The van der Waals surface area contributed by atoms with Crippen molar-refractivity contribution >= 4 is 11.8 Å². The number of benzene rings is 1. The Balaban J connectivity index is 1.42. The molecule has 7 heteroatoms. The van der Waals surface area contributed by atoms with Crippen molar-refractivity contribution < 1.29 is 18.8 Å². The molecule has 3 saturated heterocycles. The Morgan fingerprint density at radius 1 is 1.23 bits per heavy atom. The topological polar surface area (TPSA) is 75.9 Å². The monoisotopic (exact) mass is 353 g/mol. The summed E-state index contributed by atoms with van der Waals surface area (Å²) < 4.78 is 11.4. The molecule has 0 aliphatic carbocycles. The van der Waals surface area contributed by atoms with E-state index in [1.54, 1.807) is 11.0 Å². The van der Waals surface area contributed by atoms with Gasteiger partial charge in [0.2, 0.25) is 5.91 Å². The smallest absolute Gasteiger partial charge is 0.276 e. The molecule has 7 nitrogen and oxygen atoms in total. The highest BCUT2D eigenvalue weighted by molar-refractivity contribution is 5.95. The van der Waals surface area contributed by atoms with Gasteiger partial charge in [-0.2, -0.15) is 0 Å². The number of aromatic nitrogens is 1. The molecule has 1 spiro atoms. The van der Waals surface area contributed by atoms with Crippen LogP contribution in [0.15, 0.2) is 40.9 Å². The molecule has 3 fully saturated rings. The molecule has 134 valence electrons. The summed E-state index contributed by atoms with van der Waals surface area (Å²) in [6, 6.07) is 11.0. The van der Waals surface area contributed by atoms with Gasteiger partial charge < -0.3 is 19.1 Å². The number of nitrogens with zero attached hydrogens (tertiary/aromatic N) is 3. The quantitative estimate of drug-likeness (QED) is 0.824. The predicted molar refractivity (Wildman–Crippen MR) is 91.0 cm³/mol. The molecule has 1 aromatic carbocycles. The average molecular weight is 353 g/mol. The van der Waals surface area contributed by atoms with E-state index in [9.17, 15) is 9.59 Å². The second-order valence-corrected chi connectivity index (χ2v) is 7.00. The first-order valence-corrected chi connectivity index (χ1v) is 8.96. The van der Waals surface area contributed by atoms with Crippen molar-refractivity contribution in [3.05, 3.63) is 42.1 Å². The minimum atomic E-state index is -0.642. The highest BCUT2D eigenvalue weighted by Gasteiger charge is 2.61. The van der Waals surface area contributed by atoms with Crippen LogP contribution in [0.25, 0.3) is 11.3 Å². The molecule has 5 rings (SSSR count). The van der Waals surface area contributed by atoms with Gasteiger partial charge in [-0.1, -0.05) is 35.5 Å². The van der Waals surface area contributed by atoms with E-state index in [4.69, 9.17) is 9.26 Å². The summed E-state index contributed by atoms with van der Waals surface area (Å²) in [5.74, 6) is 0.417. The van der Waals surface area contributed by atoms with E-state index in [0.717, 1.165) is 12.0 Å². The third-order valence-electron chi connectivity index (χ3n) is 5.66. The van der Waals surface area contributed by atoms with Gasteiger partial charge in [-0.05, 0) is 6.42 Å². The minimum absolute atomic E-state index is 0.0670. The molecular weight excluding hydrogens is 334 g/mol. The van der Waals surface area contributed by atoms with E-state index in [1.807, 2.05) is 35.2 Å². The van der Waals surface area contributed by atoms with E-state index < -0.39 is 5.72 Å². The zero-order chi connectivity index (χ0) is 17.7. The van der Waals surface area contributed by atoms with Crippen LogP contribution in [-0.4, -0.2) is 58.2 Å². The van der Waals surface area contributed by atoms with E-state index in [-0.39, 0.29) is 23.6 Å². The fourth-order valence-corrected chi connectivity index (χ4v) is 4.45. The summed E-state index contributed by atoms with van der Waals surface area (Å²) in [6.45, 7) is 1.89. The lowest BCUT2D eigenvalue weighted by Crippen LogP contribution is -2.56. The fraction of sp³-hybridized carbons (Fsp3) is 0.421. The van der Waals surface area contributed by atoms with Crippen LogP contribution in [0.3, 0.4) is 0 Å². The number of amides is 2. The van der Waals surface area contributed by atoms with Crippen LogP contribution in [-0.2, 0) is 9.53 Å². The van der Waals surface area contributed by atoms with Gasteiger partial charge in [-0.15, -0.1) is 0 Å². The Kier molecular flexibility index (Phi) is 3.40. The summed E-state index contributed by atoms with van der Waals surface area (Å²) >= 11 is 0. The van der Waals surface area contributed by atoms with Gasteiger partial charge in [-0.25, -0.2) is 0 Å². The lowest BCUT2D eigenvalue weighted by Gasteiger charge is -2.42. The highest BCUT2D eigenvalue weighted by Crippen LogP contribution is 2.45. The van der Waals surface area contributed by atoms with Crippen LogP contribution in [0.4, 0.5) is 0 Å². The second kappa shape index (κ2) is 5.67. The van der Waals surface area contributed by atoms with Gasteiger partial charge in [0, 0.05) is 31.1 Å². The van der Waals surface area contributed by atoms with Crippen LogP contribution < -0.4 is 0 Å². The third-order valence-corrected chi connectivity index (χ3v) is 5.66. The van der Waals surface area contributed by atoms with Crippen molar-refractivity contribution in [2.75, 3.05) is 19.7 Å². The van der Waals surface area contributed by atoms with E-state index in [0.29, 0.717) is 38.3 Å². The number of likely N-dealkylation sites (tertiary alicyclic amines) is 1. The normalized spacial score (nSPS) is 27.5. The van der Waals surface area contributed by atoms with Gasteiger partial charge in [0.1, 0.15) is 0 Å². The molecule has 3 aliphatic heterocycles. The lowest BCUT2D eigenvalue weighted by atomic mass is 10.0. The molecule has 2 amide bonds. The van der Waals surface area contributed by atoms with Crippen LogP contribution >= 0.6 is 0 Å². The molecule has 0 N–H and O–H groups in total. The molecule has 1 aromatic heterocycles. The molecule has 26 heavy (non-hydrogen) atoms. The van der Waals surface area contributed by atoms with Gasteiger partial charge in [-0.3, -0.25) is 9.59 Å². The first-order valence-electron chi connectivity index (χ1n) is 8.96. The van der Waals surface area contributed by atoms with Gasteiger partial charge in [0.25, 0.3) is 5.91 Å². The average Bonchev–Trinajstić information content (AvgIpc) is 3.35. The molecule has 2 aromatic rings. The highest BCUT2D eigenvalue weighted by atomic mass is 16.5. The predicted octanol–water partition coefficient (Wildman–Crippen LogP) is 1.90. The number of ether oxygens (including phenoxy) is 1. The number of rotatable bonds is 2. The molecular formula is C19H19N3O4. The Hall–Kier alpha value is -2.67. The van der Waals surface area contributed by atoms with Crippen molar-refractivity contribution in [1.29, 1.82) is 0 Å². The van der Waals surface area contributed by atoms with Crippen LogP contribution in [0.1, 0.15) is 29.8 Å². The molecule has 0 unspecified atom stereocenters. The molecule has 0 radical (unpaired) electrons. The van der Waals surface area contributed by atoms with Gasteiger partial charge >= 0.3 is 0 Å². The van der Waals surface area contributed by atoms with Crippen LogP contribution in [0.2, 0.25) is 0 Å². The molecule has 0 saturated carbocycles. The van der Waals surface area contributed by atoms with Crippen molar-refractivity contribution in [2.24, 2.45) is 0 Å². The standard InChI is InChI=1S/C19H19N3O4/c23-17-12-16-19(22(17)8-4-10-25-19)7-9-21(16)18(24)14-11-15(26-20-14)13-5-2-1-3-6-13/h1-3,5-6,11,16H,4,7-10,12H2/t16-,19+/m1/s1. The van der Waals surface area contributed by atoms with E-state index >= 15 is 0 Å². The molecule has 2 atom stereocenters. The van der Waals surface area contributed by atoms with Crippen molar-refractivity contribution in [3.63, 3.8) is 0 Å². The summed E-state index contributed by atoms with van der Waals surface area (Å²) in [5, 5.41) is 3.97. The number of hydrogen-bond acceptors (Lipinski definition) is 5. The zero-order valence-electron chi connectivity index (χ0n) is 14.3. The summed E-state index contributed by atoms with van der Waals surface area (Å²) in [6.07, 6.45) is 1.81. The number of carbonyl (C=O) groups is 2. The first-order chi connectivity index (χ1) is 12.7. The molecule has 3 aliphatic rings. The van der Waals surface area contributed by atoms with E-state index in [2.05, 4.69) is 5.16 Å².